The van der Waals surface area contributed by atoms with Crippen LogP contribution in [0.1, 0.15) is 36.0 Å². The highest BCUT2D eigenvalue weighted by Gasteiger charge is 2.56. The number of amides is 1. The summed E-state index contributed by atoms with van der Waals surface area (Å²) in [4.78, 5) is 26.1. The number of carboxylic acids is 1. The number of fused-ring (bicyclic) bond motifs is 1. The summed E-state index contributed by atoms with van der Waals surface area (Å²) >= 11 is 0. The van der Waals surface area contributed by atoms with Gasteiger partial charge in [0.1, 0.15) is 0 Å². The first-order chi connectivity index (χ1) is 11.2. The van der Waals surface area contributed by atoms with Gasteiger partial charge in [-0.3, -0.25) is 14.3 Å². The third-order valence-electron chi connectivity index (χ3n) is 5.04. The Bertz CT molecular complexity index is 774. The van der Waals surface area contributed by atoms with Crippen LogP contribution in [0.15, 0.2) is 24.3 Å². The second-order valence-electron chi connectivity index (χ2n) is 6.57. The lowest BCUT2D eigenvalue weighted by Gasteiger charge is -2.29. The summed E-state index contributed by atoms with van der Waals surface area (Å²) in [6.45, 7) is 0.444. The topological polar surface area (TPSA) is 104 Å². The van der Waals surface area contributed by atoms with E-state index in [1.165, 1.54) is 12.1 Å². The molecule has 24 heavy (non-hydrogen) atoms. The number of anilines is 1. The van der Waals surface area contributed by atoms with Gasteiger partial charge in [-0.25, -0.2) is 8.42 Å². The third-order valence-corrected chi connectivity index (χ3v) is 5.64. The first kappa shape index (κ1) is 16.8. The second kappa shape index (κ2) is 5.77. The van der Waals surface area contributed by atoms with E-state index in [-0.39, 0.29) is 11.9 Å². The van der Waals surface area contributed by atoms with Gasteiger partial charge in [-0.05, 0) is 43.5 Å². The first-order valence-corrected chi connectivity index (χ1v) is 9.74. The van der Waals surface area contributed by atoms with Gasteiger partial charge in [0.05, 0.1) is 11.7 Å². The van der Waals surface area contributed by atoms with Crippen LogP contribution in [-0.2, 0) is 14.8 Å². The van der Waals surface area contributed by atoms with Crippen LogP contribution in [0.25, 0.3) is 0 Å². The Labute approximate surface area is 140 Å². The van der Waals surface area contributed by atoms with Crippen LogP contribution >= 0.6 is 0 Å². The Kier molecular flexibility index (Phi) is 4.03. The Balaban J connectivity index is 1.79. The van der Waals surface area contributed by atoms with E-state index >= 15 is 0 Å². The maximum atomic E-state index is 12.7. The highest BCUT2D eigenvalue weighted by Crippen LogP contribution is 2.49. The number of carbonyl (C=O) groups excluding carboxylic acids is 1. The monoisotopic (exact) mass is 352 g/mol. The van der Waals surface area contributed by atoms with Crippen LogP contribution in [0.3, 0.4) is 0 Å². The molecular formula is C16H20N2O5S. The molecule has 130 valence electrons. The second-order valence-corrected chi connectivity index (χ2v) is 8.32. The summed E-state index contributed by atoms with van der Waals surface area (Å²) in [5, 5.41) is 9.59. The number of likely N-dealkylation sites (tertiary alicyclic amines) is 1. The van der Waals surface area contributed by atoms with Crippen molar-refractivity contribution in [2.45, 2.75) is 31.7 Å². The average Bonchev–Trinajstić information content (AvgIpc) is 3.05. The molecule has 0 bridgehead atoms. The summed E-state index contributed by atoms with van der Waals surface area (Å²) in [5.74, 6) is -1.01. The smallest absolute Gasteiger partial charge is 0.311 e. The number of aliphatic carboxylic acids is 1. The van der Waals surface area contributed by atoms with Crippen LogP contribution in [0.5, 0.6) is 0 Å². The van der Waals surface area contributed by atoms with Crippen LogP contribution in [0, 0.1) is 5.41 Å². The van der Waals surface area contributed by atoms with Crippen molar-refractivity contribution in [1.29, 1.82) is 0 Å². The average molecular weight is 352 g/mol. The lowest BCUT2D eigenvalue weighted by atomic mass is 9.82. The van der Waals surface area contributed by atoms with E-state index < -0.39 is 21.4 Å². The standard InChI is InChI=1S/C16H20N2O5S/c1-24(22,23)17-12-6-4-11(5-7-12)14(19)18-10-9-16(15(20)21)8-2-3-13(16)18/h4-7,13,17H,2-3,8-10H2,1H3,(H,20,21)/t13-,16+/m0/s1. The molecule has 2 fully saturated rings. The summed E-state index contributed by atoms with van der Waals surface area (Å²) in [5.41, 5.74) is 0.0198. The number of rotatable bonds is 4. The number of hydrogen-bond acceptors (Lipinski definition) is 4. The van der Waals surface area contributed by atoms with Gasteiger partial charge >= 0.3 is 5.97 Å². The molecule has 1 aromatic carbocycles. The molecule has 2 atom stereocenters. The SMILES string of the molecule is CS(=O)(=O)Nc1ccc(C(=O)N2CC[C@]3(C(=O)O)CCC[C@H]23)cc1. The van der Waals surface area contributed by atoms with Crippen LogP contribution < -0.4 is 4.72 Å². The molecule has 2 N–H and O–H groups in total. The van der Waals surface area contributed by atoms with Crippen molar-refractivity contribution in [3.8, 4) is 0 Å². The molecular weight excluding hydrogens is 332 g/mol. The van der Waals surface area contributed by atoms with Crippen molar-refractivity contribution >= 4 is 27.6 Å². The molecule has 0 spiro atoms. The maximum Gasteiger partial charge on any atom is 0.311 e. The number of sulfonamides is 1. The van der Waals surface area contributed by atoms with E-state index in [9.17, 15) is 23.1 Å². The highest BCUT2D eigenvalue weighted by molar-refractivity contribution is 7.92. The molecule has 2 aliphatic rings. The minimum Gasteiger partial charge on any atom is -0.481 e. The molecule has 1 aliphatic carbocycles. The molecule has 1 heterocycles. The lowest BCUT2D eigenvalue weighted by Crippen LogP contribution is -2.43. The molecule has 0 aromatic heterocycles. The van der Waals surface area contributed by atoms with Gasteiger partial charge in [0.15, 0.2) is 0 Å². The fraction of sp³-hybridized carbons (Fsp3) is 0.500. The van der Waals surface area contributed by atoms with Crippen LogP contribution in [-0.4, -0.2) is 49.1 Å². The summed E-state index contributed by atoms with van der Waals surface area (Å²) in [6.07, 6.45) is 3.70. The predicted octanol–water partition coefficient (Wildman–Crippen LogP) is 1.53. The van der Waals surface area contributed by atoms with E-state index in [4.69, 9.17) is 0 Å². The Morgan fingerprint density at radius 3 is 2.50 bits per heavy atom. The molecule has 1 aliphatic heterocycles. The zero-order valence-electron chi connectivity index (χ0n) is 13.4. The summed E-state index contributed by atoms with van der Waals surface area (Å²) in [7, 11) is -3.37. The van der Waals surface area contributed by atoms with Gasteiger partial charge in [-0.1, -0.05) is 6.42 Å². The molecule has 8 heteroatoms. The largest absolute Gasteiger partial charge is 0.481 e. The van der Waals surface area contributed by atoms with Gasteiger partial charge in [0, 0.05) is 23.8 Å². The highest BCUT2D eigenvalue weighted by atomic mass is 32.2. The van der Waals surface area contributed by atoms with E-state index in [2.05, 4.69) is 4.72 Å². The Morgan fingerprint density at radius 2 is 1.92 bits per heavy atom. The number of nitrogens with zero attached hydrogens (tertiary/aromatic N) is 1. The maximum absolute atomic E-state index is 12.7. The molecule has 1 amide bonds. The zero-order chi connectivity index (χ0) is 17.5. The number of carboxylic acid groups (broad SMARTS) is 1. The molecule has 0 radical (unpaired) electrons. The Hall–Kier alpha value is -2.09. The van der Waals surface area contributed by atoms with E-state index in [0.29, 0.717) is 37.1 Å². The van der Waals surface area contributed by atoms with Crippen molar-refractivity contribution in [3.63, 3.8) is 0 Å². The number of nitrogens with one attached hydrogen (secondary N) is 1. The molecule has 3 rings (SSSR count). The van der Waals surface area contributed by atoms with Gasteiger partial charge < -0.3 is 10.0 Å². The van der Waals surface area contributed by atoms with Crippen LogP contribution in [0.4, 0.5) is 5.69 Å². The van der Waals surface area contributed by atoms with Gasteiger partial charge in [0.25, 0.3) is 5.91 Å². The summed E-state index contributed by atoms with van der Waals surface area (Å²) in [6, 6.07) is 5.93. The number of carbonyl (C=O) groups is 2. The molecule has 1 saturated heterocycles. The number of hydrogen-bond donors (Lipinski definition) is 2. The molecule has 1 aromatic rings. The number of benzene rings is 1. The van der Waals surface area contributed by atoms with Crippen molar-refractivity contribution < 1.29 is 23.1 Å². The minimum atomic E-state index is -3.37. The fourth-order valence-electron chi connectivity index (χ4n) is 3.94. The molecule has 1 saturated carbocycles. The third kappa shape index (κ3) is 2.86. The normalized spacial score (nSPS) is 26.2. The first-order valence-electron chi connectivity index (χ1n) is 7.85. The molecule has 7 nitrogen and oxygen atoms in total. The summed E-state index contributed by atoms with van der Waals surface area (Å²) < 4.78 is 24.8. The minimum absolute atomic E-state index is 0.198. The van der Waals surface area contributed by atoms with Crippen molar-refractivity contribution in [3.05, 3.63) is 29.8 Å². The van der Waals surface area contributed by atoms with E-state index in [1.54, 1.807) is 17.0 Å². The van der Waals surface area contributed by atoms with Crippen LogP contribution in [0.2, 0.25) is 0 Å². The predicted molar refractivity (Wildman–Crippen MR) is 88.3 cm³/mol. The molecule has 0 unspecified atom stereocenters. The lowest BCUT2D eigenvalue weighted by molar-refractivity contribution is -0.149. The van der Waals surface area contributed by atoms with Crippen molar-refractivity contribution in [1.82, 2.24) is 4.90 Å². The quantitative estimate of drug-likeness (QED) is 0.855. The van der Waals surface area contributed by atoms with Gasteiger partial charge in [0.2, 0.25) is 10.0 Å². The van der Waals surface area contributed by atoms with Gasteiger partial charge in [-0.15, -0.1) is 0 Å². The van der Waals surface area contributed by atoms with Crippen molar-refractivity contribution in [2.24, 2.45) is 5.41 Å². The zero-order valence-corrected chi connectivity index (χ0v) is 14.2. The van der Waals surface area contributed by atoms with E-state index in [1.807, 2.05) is 0 Å². The Morgan fingerprint density at radius 1 is 1.25 bits per heavy atom. The fourth-order valence-corrected chi connectivity index (χ4v) is 4.50. The van der Waals surface area contributed by atoms with Gasteiger partial charge in [-0.2, -0.15) is 0 Å². The van der Waals surface area contributed by atoms with E-state index in [0.717, 1.165) is 12.7 Å². The van der Waals surface area contributed by atoms with Crippen molar-refractivity contribution in [2.75, 3.05) is 17.5 Å².